The quantitative estimate of drug-likeness (QED) is 0.463. The van der Waals surface area contributed by atoms with Gasteiger partial charge in [0, 0.05) is 6.04 Å². The standard InChI is InChI=1S/C7H13NO/c1-5-2-3-7(9)6(8)4-5/h6-7,9H,1-4,8H2. The highest BCUT2D eigenvalue weighted by Crippen LogP contribution is 2.20. The van der Waals surface area contributed by atoms with Crippen LogP contribution in [0.3, 0.4) is 0 Å². The van der Waals surface area contributed by atoms with Gasteiger partial charge in [0.1, 0.15) is 0 Å². The van der Waals surface area contributed by atoms with Crippen molar-refractivity contribution in [3.05, 3.63) is 12.2 Å². The Kier molecular flexibility index (Phi) is 1.88. The van der Waals surface area contributed by atoms with Gasteiger partial charge in [-0.25, -0.2) is 0 Å². The molecule has 1 fully saturated rings. The van der Waals surface area contributed by atoms with Crippen molar-refractivity contribution < 1.29 is 5.11 Å². The van der Waals surface area contributed by atoms with Crippen molar-refractivity contribution in [2.75, 3.05) is 0 Å². The first-order valence-electron chi connectivity index (χ1n) is 3.30. The number of rotatable bonds is 0. The normalized spacial score (nSPS) is 36.9. The number of aliphatic hydroxyl groups is 1. The molecular formula is C7H13NO. The van der Waals surface area contributed by atoms with Crippen molar-refractivity contribution in [1.29, 1.82) is 0 Å². The van der Waals surface area contributed by atoms with Crippen molar-refractivity contribution in [2.24, 2.45) is 5.73 Å². The first-order chi connectivity index (χ1) is 4.20. The van der Waals surface area contributed by atoms with Gasteiger partial charge in [-0.2, -0.15) is 0 Å². The van der Waals surface area contributed by atoms with Crippen LogP contribution in [-0.4, -0.2) is 17.3 Å². The highest BCUT2D eigenvalue weighted by atomic mass is 16.3. The Balaban J connectivity index is 2.44. The Morgan fingerprint density at radius 3 is 2.78 bits per heavy atom. The fourth-order valence-electron chi connectivity index (χ4n) is 1.14. The van der Waals surface area contributed by atoms with Gasteiger partial charge in [-0.1, -0.05) is 12.2 Å². The van der Waals surface area contributed by atoms with E-state index in [1.165, 1.54) is 5.57 Å². The van der Waals surface area contributed by atoms with Crippen LogP contribution in [0.25, 0.3) is 0 Å². The molecule has 0 bridgehead atoms. The van der Waals surface area contributed by atoms with E-state index in [-0.39, 0.29) is 12.1 Å². The fourth-order valence-corrected chi connectivity index (χ4v) is 1.14. The van der Waals surface area contributed by atoms with Crippen molar-refractivity contribution in [1.82, 2.24) is 0 Å². The zero-order valence-corrected chi connectivity index (χ0v) is 5.51. The lowest BCUT2D eigenvalue weighted by atomic mass is 9.90. The van der Waals surface area contributed by atoms with E-state index in [2.05, 4.69) is 6.58 Å². The molecule has 0 aromatic rings. The van der Waals surface area contributed by atoms with E-state index in [9.17, 15) is 0 Å². The van der Waals surface area contributed by atoms with E-state index >= 15 is 0 Å². The lowest BCUT2D eigenvalue weighted by molar-refractivity contribution is 0.122. The second-order valence-electron chi connectivity index (χ2n) is 2.72. The van der Waals surface area contributed by atoms with Gasteiger partial charge in [-0.05, 0) is 19.3 Å². The van der Waals surface area contributed by atoms with Gasteiger partial charge >= 0.3 is 0 Å². The summed E-state index contributed by atoms with van der Waals surface area (Å²) in [6.45, 7) is 3.81. The van der Waals surface area contributed by atoms with Crippen molar-refractivity contribution in [2.45, 2.75) is 31.4 Å². The summed E-state index contributed by atoms with van der Waals surface area (Å²) in [4.78, 5) is 0. The second kappa shape index (κ2) is 2.50. The number of aliphatic hydroxyl groups excluding tert-OH is 1. The molecule has 2 nitrogen and oxygen atoms in total. The molecule has 1 aliphatic carbocycles. The summed E-state index contributed by atoms with van der Waals surface area (Å²) in [5.74, 6) is 0. The van der Waals surface area contributed by atoms with Gasteiger partial charge < -0.3 is 10.8 Å². The fraction of sp³-hybridized carbons (Fsp3) is 0.714. The smallest absolute Gasteiger partial charge is 0.0697 e. The van der Waals surface area contributed by atoms with Gasteiger partial charge in [0.15, 0.2) is 0 Å². The predicted molar refractivity (Wildman–Crippen MR) is 37.0 cm³/mol. The Morgan fingerprint density at radius 2 is 2.33 bits per heavy atom. The molecule has 1 rings (SSSR count). The monoisotopic (exact) mass is 127 g/mol. The van der Waals surface area contributed by atoms with Crippen LogP contribution in [0.4, 0.5) is 0 Å². The van der Waals surface area contributed by atoms with Crippen LogP contribution in [0.15, 0.2) is 12.2 Å². The Hall–Kier alpha value is -0.340. The molecule has 0 amide bonds. The Bertz CT molecular complexity index is 122. The van der Waals surface area contributed by atoms with Gasteiger partial charge in [0.2, 0.25) is 0 Å². The summed E-state index contributed by atoms with van der Waals surface area (Å²) in [7, 11) is 0. The van der Waals surface area contributed by atoms with E-state index in [1.807, 2.05) is 0 Å². The van der Waals surface area contributed by atoms with Crippen molar-refractivity contribution in [3.63, 3.8) is 0 Å². The molecule has 0 aromatic carbocycles. The van der Waals surface area contributed by atoms with Crippen LogP contribution in [0.5, 0.6) is 0 Å². The molecule has 0 heterocycles. The van der Waals surface area contributed by atoms with Gasteiger partial charge in [-0.15, -0.1) is 0 Å². The third-order valence-electron chi connectivity index (χ3n) is 1.81. The third kappa shape index (κ3) is 1.53. The maximum Gasteiger partial charge on any atom is 0.0697 e. The van der Waals surface area contributed by atoms with Crippen molar-refractivity contribution in [3.8, 4) is 0 Å². The zero-order chi connectivity index (χ0) is 6.85. The maximum absolute atomic E-state index is 9.13. The van der Waals surface area contributed by atoms with Crippen LogP contribution in [0, 0.1) is 0 Å². The molecule has 0 spiro atoms. The second-order valence-corrected chi connectivity index (χ2v) is 2.72. The third-order valence-corrected chi connectivity index (χ3v) is 1.81. The lowest BCUT2D eigenvalue weighted by Gasteiger charge is -2.25. The average Bonchev–Trinajstić information content (AvgIpc) is 1.80. The summed E-state index contributed by atoms with van der Waals surface area (Å²) in [5.41, 5.74) is 6.73. The minimum absolute atomic E-state index is 0.0637. The molecule has 2 unspecified atom stereocenters. The molecule has 1 saturated carbocycles. The lowest BCUT2D eigenvalue weighted by Crippen LogP contribution is -2.37. The molecular weight excluding hydrogens is 114 g/mol. The molecule has 0 aliphatic heterocycles. The van der Waals surface area contributed by atoms with Crippen LogP contribution < -0.4 is 5.73 Å². The number of hydrogen-bond acceptors (Lipinski definition) is 2. The summed E-state index contributed by atoms with van der Waals surface area (Å²) < 4.78 is 0. The molecule has 52 valence electrons. The molecule has 0 radical (unpaired) electrons. The Labute approximate surface area is 55.4 Å². The average molecular weight is 127 g/mol. The molecule has 9 heavy (non-hydrogen) atoms. The molecule has 1 aliphatic rings. The topological polar surface area (TPSA) is 46.2 Å². The van der Waals surface area contributed by atoms with Crippen LogP contribution in [-0.2, 0) is 0 Å². The minimum atomic E-state index is -0.296. The highest BCUT2D eigenvalue weighted by Gasteiger charge is 2.20. The van der Waals surface area contributed by atoms with E-state index in [0.29, 0.717) is 0 Å². The van der Waals surface area contributed by atoms with Gasteiger partial charge in [0.05, 0.1) is 6.10 Å². The molecule has 2 atom stereocenters. The number of nitrogens with two attached hydrogens (primary N) is 1. The molecule has 2 heteroatoms. The maximum atomic E-state index is 9.13. The van der Waals surface area contributed by atoms with E-state index in [1.54, 1.807) is 0 Å². The Morgan fingerprint density at radius 1 is 1.67 bits per heavy atom. The summed E-state index contributed by atoms with van der Waals surface area (Å²) in [5, 5.41) is 9.13. The summed E-state index contributed by atoms with van der Waals surface area (Å²) in [6, 6.07) is -0.0637. The van der Waals surface area contributed by atoms with E-state index in [4.69, 9.17) is 10.8 Å². The van der Waals surface area contributed by atoms with Gasteiger partial charge in [-0.3, -0.25) is 0 Å². The molecule has 0 aromatic heterocycles. The van der Waals surface area contributed by atoms with Crippen LogP contribution in [0.2, 0.25) is 0 Å². The van der Waals surface area contributed by atoms with Crippen LogP contribution in [0.1, 0.15) is 19.3 Å². The largest absolute Gasteiger partial charge is 0.391 e. The van der Waals surface area contributed by atoms with E-state index < -0.39 is 0 Å². The highest BCUT2D eigenvalue weighted by molar-refractivity contribution is 5.03. The number of hydrogen-bond donors (Lipinski definition) is 2. The molecule has 0 saturated heterocycles. The summed E-state index contributed by atoms with van der Waals surface area (Å²) in [6.07, 6.45) is 2.23. The molecule has 3 N–H and O–H groups in total. The SMILES string of the molecule is C=C1CCC(O)C(N)C1. The van der Waals surface area contributed by atoms with E-state index in [0.717, 1.165) is 19.3 Å². The van der Waals surface area contributed by atoms with Crippen LogP contribution >= 0.6 is 0 Å². The first-order valence-corrected chi connectivity index (χ1v) is 3.30. The minimum Gasteiger partial charge on any atom is -0.391 e. The van der Waals surface area contributed by atoms with Gasteiger partial charge in [0.25, 0.3) is 0 Å². The predicted octanol–water partition coefficient (Wildman–Crippen LogP) is 0.415. The summed E-state index contributed by atoms with van der Waals surface area (Å²) >= 11 is 0. The zero-order valence-electron chi connectivity index (χ0n) is 5.51. The van der Waals surface area contributed by atoms with Crippen molar-refractivity contribution >= 4 is 0 Å². The first kappa shape index (κ1) is 6.78.